The molecule has 156 valence electrons. The quantitative estimate of drug-likeness (QED) is 0.640. The predicted molar refractivity (Wildman–Crippen MR) is 108 cm³/mol. The van der Waals surface area contributed by atoms with Gasteiger partial charge in [-0.2, -0.15) is 13.2 Å². The van der Waals surface area contributed by atoms with Crippen molar-refractivity contribution in [3.05, 3.63) is 64.8 Å². The summed E-state index contributed by atoms with van der Waals surface area (Å²) in [5, 5.41) is 11.9. The molecule has 5 nitrogen and oxygen atoms in total. The number of aromatic nitrogens is 1. The van der Waals surface area contributed by atoms with E-state index in [2.05, 4.69) is 4.98 Å². The molecule has 1 fully saturated rings. The minimum atomic E-state index is -4.51. The Kier molecular flexibility index (Phi) is 5.19. The van der Waals surface area contributed by atoms with Gasteiger partial charge in [-0.3, -0.25) is 4.79 Å². The van der Waals surface area contributed by atoms with Crippen LogP contribution in [0.25, 0.3) is 10.8 Å². The lowest BCUT2D eigenvalue weighted by molar-refractivity contribution is -0.137. The summed E-state index contributed by atoms with van der Waals surface area (Å²) in [5.74, 6) is -0.136. The van der Waals surface area contributed by atoms with Crippen LogP contribution in [0.15, 0.2) is 48.7 Å². The first-order chi connectivity index (χ1) is 14.2. The molecule has 0 saturated carbocycles. The van der Waals surface area contributed by atoms with Crippen LogP contribution in [-0.2, 0) is 6.18 Å². The molecule has 1 aromatic heterocycles. The van der Waals surface area contributed by atoms with Crippen LogP contribution in [-0.4, -0.2) is 47.1 Å². The smallest absolute Gasteiger partial charge is 0.417 e. The monoisotopic (exact) mass is 435 g/mol. The third kappa shape index (κ3) is 3.87. The first-order valence-corrected chi connectivity index (χ1v) is 9.60. The minimum absolute atomic E-state index is 0.0863. The van der Waals surface area contributed by atoms with E-state index in [0.717, 1.165) is 23.0 Å². The van der Waals surface area contributed by atoms with Crippen molar-refractivity contribution in [3.63, 3.8) is 0 Å². The van der Waals surface area contributed by atoms with Gasteiger partial charge in [0.2, 0.25) is 0 Å². The number of fused-ring (bicyclic) bond motifs is 1. The summed E-state index contributed by atoms with van der Waals surface area (Å²) >= 11 is 6.02. The number of rotatable bonds is 2. The van der Waals surface area contributed by atoms with E-state index in [4.69, 9.17) is 11.6 Å². The molecule has 4 rings (SSSR count). The second-order valence-electron chi connectivity index (χ2n) is 7.02. The summed E-state index contributed by atoms with van der Waals surface area (Å²) in [6, 6.07) is 11.5. The highest BCUT2D eigenvalue weighted by Gasteiger charge is 2.32. The number of aromatic hydroxyl groups is 1. The van der Waals surface area contributed by atoms with Gasteiger partial charge in [-0.25, -0.2) is 4.98 Å². The Bertz CT molecular complexity index is 1110. The number of anilines is 1. The lowest BCUT2D eigenvalue weighted by Crippen LogP contribution is -2.49. The molecule has 0 spiro atoms. The summed E-state index contributed by atoms with van der Waals surface area (Å²) in [6.45, 7) is 1.37. The zero-order chi connectivity index (χ0) is 21.5. The number of carbonyl (C=O) groups excluding carboxylic acids is 1. The number of benzene rings is 2. The van der Waals surface area contributed by atoms with Crippen LogP contribution in [0.2, 0.25) is 5.02 Å². The van der Waals surface area contributed by atoms with Crippen molar-refractivity contribution in [1.29, 1.82) is 0 Å². The molecule has 0 aliphatic carbocycles. The van der Waals surface area contributed by atoms with Gasteiger partial charge >= 0.3 is 6.18 Å². The summed E-state index contributed by atoms with van der Waals surface area (Å²) in [4.78, 5) is 20.1. The molecule has 2 aromatic carbocycles. The third-order valence-corrected chi connectivity index (χ3v) is 5.39. The molecule has 30 heavy (non-hydrogen) atoms. The van der Waals surface area contributed by atoms with Crippen molar-refractivity contribution < 1.29 is 23.1 Å². The van der Waals surface area contributed by atoms with Crippen molar-refractivity contribution in [2.75, 3.05) is 31.1 Å². The molecule has 0 atom stereocenters. The van der Waals surface area contributed by atoms with E-state index in [1.807, 2.05) is 24.3 Å². The van der Waals surface area contributed by atoms with E-state index in [1.54, 1.807) is 21.9 Å². The van der Waals surface area contributed by atoms with Gasteiger partial charge < -0.3 is 14.9 Å². The van der Waals surface area contributed by atoms with Crippen LogP contribution in [0.5, 0.6) is 5.75 Å². The largest absolute Gasteiger partial charge is 0.507 e. The molecule has 2 heterocycles. The first kappa shape index (κ1) is 20.3. The van der Waals surface area contributed by atoms with Crippen molar-refractivity contribution >= 4 is 34.1 Å². The molecule has 0 unspecified atom stereocenters. The number of pyridine rings is 1. The van der Waals surface area contributed by atoms with Crippen molar-refractivity contribution in [2.45, 2.75) is 6.18 Å². The molecule has 0 bridgehead atoms. The van der Waals surface area contributed by atoms with Gasteiger partial charge in [0.15, 0.2) is 0 Å². The fourth-order valence-corrected chi connectivity index (χ4v) is 3.80. The molecule has 1 amide bonds. The topological polar surface area (TPSA) is 56.7 Å². The zero-order valence-corrected chi connectivity index (χ0v) is 16.4. The maximum absolute atomic E-state index is 12.9. The summed E-state index contributed by atoms with van der Waals surface area (Å²) < 4.78 is 38.4. The van der Waals surface area contributed by atoms with Gasteiger partial charge in [-0.05, 0) is 29.0 Å². The Morgan fingerprint density at radius 1 is 1.03 bits per heavy atom. The molecule has 1 aliphatic rings. The number of amides is 1. The van der Waals surface area contributed by atoms with Crippen LogP contribution in [0.3, 0.4) is 0 Å². The number of piperazine rings is 1. The molecule has 1 N–H and O–H groups in total. The van der Waals surface area contributed by atoms with Gasteiger partial charge in [0.1, 0.15) is 11.6 Å². The highest BCUT2D eigenvalue weighted by molar-refractivity contribution is 6.33. The Hall–Kier alpha value is -3.00. The van der Waals surface area contributed by atoms with Crippen LogP contribution < -0.4 is 4.90 Å². The molecule has 1 saturated heterocycles. The molecule has 3 aromatic rings. The fourth-order valence-electron chi connectivity index (χ4n) is 3.51. The van der Waals surface area contributed by atoms with Gasteiger partial charge in [-0.15, -0.1) is 0 Å². The van der Waals surface area contributed by atoms with E-state index >= 15 is 0 Å². The van der Waals surface area contributed by atoms with Crippen molar-refractivity contribution in [2.24, 2.45) is 0 Å². The maximum atomic E-state index is 12.9. The van der Waals surface area contributed by atoms with Crippen LogP contribution in [0.1, 0.15) is 15.9 Å². The standard InChI is InChI=1S/C21H17ClF3N3O2/c22-17-11-15(21(23,24)25)12-26-19(17)27-5-7-28(8-6-27)20(30)16-9-13-3-1-2-4-14(13)10-18(16)29/h1-4,9-12,29H,5-8H2. The Morgan fingerprint density at radius 3 is 2.27 bits per heavy atom. The number of halogens is 4. The average molecular weight is 436 g/mol. The van der Waals surface area contributed by atoms with Gasteiger partial charge in [0.25, 0.3) is 5.91 Å². The molecular weight excluding hydrogens is 419 g/mol. The third-order valence-electron chi connectivity index (χ3n) is 5.11. The number of carbonyl (C=O) groups is 1. The zero-order valence-electron chi connectivity index (χ0n) is 15.7. The lowest BCUT2D eigenvalue weighted by atomic mass is 10.0. The highest BCUT2D eigenvalue weighted by atomic mass is 35.5. The summed E-state index contributed by atoms with van der Waals surface area (Å²) in [5.41, 5.74) is -0.690. The highest BCUT2D eigenvalue weighted by Crippen LogP contribution is 2.34. The number of nitrogens with zero attached hydrogens (tertiary/aromatic N) is 3. The molecular formula is C21H17ClF3N3O2. The van der Waals surface area contributed by atoms with Crippen LogP contribution >= 0.6 is 11.6 Å². The second kappa shape index (κ2) is 7.68. The van der Waals surface area contributed by atoms with E-state index in [0.29, 0.717) is 26.2 Å². The Balaban J connectivity index is 1.48. The lowest BCUT2D eigenvalue weighted by Gasteiger charge is -2.36. The van der Waals surface area contributed by atoms with Crippen molar-refractivity contribution in [1.82, 2.24) is 9.88 Å². The van der Waals surface area contributed by atoms with E-state index < -0.39 is 11.7 Å². The number of alkyl halides is 3. The number of phenols is 1. The molecule has 9 heteroatoms. The van der Waals surface area contributed by atoms with Gasteiger partial charge in [-0.1, -0.05) is 35.9 Å². The minimum Gasteiger partial charge on any atom is -0.507 e. The normalized spacial score (nSPS) is 14.9. The Labute approximate surface area is 175 Å². The average Bonchev–Trinajstić information content (AvgIpc) is 2.72. The predicted octanol–water partition coefficient (Wildman–Crippen LogP) is 4.58. The van der Waals surface area contributed by atoms with E-state index in [9.17, 15) is 23.1 Å². The summed E-state index contributed by atoms with van der Waals surface area (Å²) in [7, 11) is 0. The van der Waals surface area contributed by atoms with E-state index in [1.165, 1.54) is 0 Å². The second-order valence-corrected chi connectivity index (χ2v) is 7.43. The van der Waals surface area contributed by atoms with Gasteiger partial charge in [0, 0.05) is 32.4 Å². The van der Waals surface area contributed by atoms with Crippen molar-refractivity contribution in [3.8, 4) is 5.75 Å². The number of hydrogen-bond donors (Lipinski definition) is 1. The van der Waals surface area contributed by atoms with Crippen LogP contribution in [0.4, 0.5) is 19.0 Å². The van der Waals surface area contributed by atoms with E-state index in [-0.39, 0.29) is 28.1 Å². The molecule has 0 radical (unpaired) electrons. The maximum Gasteiger partial charge on any atom is 0.417 e. The Morgan fingerprint density at radius 2 is 1.67 bits per heavy atom. The SMILES string of the molecule is O=C(c1cc2ccccc2cc1O)N1CCN(c2ncc(C(F)(F)F)cc2Cl)CC1. The number of hydrogen-bond acceptors (Lipinski definition) is 4. The van der Waals surface area contributed by atoms with Gasteiger partial charge in [0.05, 0.1) is 16.1 Å². The fraction of sp³-hybridized carbons (Fsp3) is 0.238. The van der Waals surface area contributed by atoms with Crippen LogP contribution in [0, 0.1) is 0 Å². The number of phenolic OH excluding ortho intramolecular Hbond substituents is 1. The first-order valence-electron chi connectivity index (χ1n) is 9.23. The summed E-state index contributed by atoms with van der Waals surface area (Å²) in [6.07, 6.45) is -3.76. The molecule has 1 aliphatic heterocycles.